The molecule has 5 nitrogen and oxygen atoms in total. The summed E-state index contributed by atoms with van der Waals surface area (Å²) in [6, 6.07) is 9.32. The number of morpholine rings is 1. The van der Waals surface area contributed by atoms with Crippen molar-refractivity contribution >= 4 is 34.8 Å². The van der Waals surface area contributed by atoms with Crippen LogP contribution in [0.2, 0.25) is 10.2 Å². The van der Waals surface area contributed by atoms with Crippen LogP contribution in [0.3, 0.4) is 0 Å². The molecule has 122 valence electrons. The molecule has 3 rings (SSSR count). The highest BCUT2D eigenvalue weighted by molar-refractivity contribution is 6.41. The van der Waals surface area contributed by atoms with E-state index in [0.29, 0.717) is 10.7 Å². The molecule has 1 aromatic carbocycles. The Balaban J connectivity index is 1.65. The molecular weight excluding hydrogens is 337 g/mol. The van der Waals surface area contributed by atoms with Gasteiger partial charge in [-0.25, -0.2) is 0 Å². The fourth-order valence-corrected chi connectivity index (χ4v) is 2.80. The van der Waals surface area contributed by atoms with Crippen LogP contribution in [0.5, 0.6) is 0 Å². The number of hydrogen-bond donors (Lipinski definition) is 2. The number of rotatable bonds is 4. The van der Waals surface area contributed by atoms with E-state index in [0.717, 1.165) is 44.1 Å². The molecule has 2 N–H and O–H groups in total. The molecule has 1 saturated heterocycles. The molecule has 23 heavy (non-hydrogen) atoms. The van der Waals surface area contributed by atoms with Crippen LogP contribution in [-0.4, -0.2) is 42.1 Å². The Kier molecular flexibility index (Phi) is 5.23. The lowest BCUT2D eigenvalue weighted by Gasteiger charge is -2.26. The van der Waals surface area contributed by atoms with Gasteiger partial charge in [-0.1, -0.05) is 35.3 Å². The maximum absolute atomic E-state index is 12.2. The van der Waals surface area contributed by atoms with E-state index in [4.69, 9.17) is 27.9 Å². The molecule has 1 aliphatic rings. The summed E-state index contributed by atoms with van der Waals surface area (Å²) in [6.45, 7) is 4.23. The Bertz CT molecular complexity index is 677. The highest BCUT2D eigenvalue weighted by Gasteiger charge is 2.13. The molecule has 1 amide bonds. The third-order valence-corrected chi connectivity index (χ3v) is 4.36. The Morgan fingerprint density at radius 3 is 2.74 bits per heavy atom. The van der Waals surface area contributed by atoms with Crippen LogP contribution in [-0.2, 0) is 11.3 Å². The van der Waals surface area contributed by atoms with Crippen molar-refractivity contribution < 1.29 is 9.53 Å². The molecule has 1 aliphatic heterocycles. The van der Waals surface area contributed by atoms with E-state index < -0.39 is 0 Å². The summed E-state index contributed by atoms with van der Waals surface area (Å²) in [5.41, 5.74) is 2.22. The summed E-state index contributed by atoms with van der Waals surface area (Å²) in [4.78, 5) is 17.3. The normalized spacial score (nSPS) is 15.6. The predicted octanol–water partition coefficient (Wildman–Crippen LogP) is 3.41. The van der Waals surface area contributed by atoms with Crippen molar-refractivity contribution in [3.8, 4) is 0 Å². The van der Waals surface area contributed by atoms with E-state index in [1.54, 1.807) is 0 Å². The molecule has 2 aromatic rings. The average molecular weight is 354 g/mol. The van der Waals surface area contributed by atoms with Crippen LogP contribution in [0.15, 0.2) is 30.3 Å². The van der Waals surface area contributed by atoms with Gasteiger partial charge in [-0.2, -0.15) is 0 Å². The molecule has 2 heterocycles. The van der Waals surface area contributed by atoms with Crippen LogP contribution in [0, 0.1) is 0 Å². The van der Waals surface area contributed by atoms with Crippen LogP contribution in [0.1, 0.15) is 16.1 Å². The molecule has 0 radical (unpaired) electrons. The zero-order chi connectivity index (χ0) is 16.2. The van der Waals surface area contributed by atoms with Crippen molar-refractivity contribution in [2.24, 2.45) is 0 Å². The maximum Gasteiger partial charge on any atom is 0.272 e. The zero-order valence-electron chi connectivity index (χ0n) is 12.4. The van der Waals surface area contributed by atoms with E-state index >= 15 is 0 Å². The van der Waals surface area contributed by atoms with Crippen molar-refractivity contribution in [2.45, 2.75) is 6.54 Å². The van der Waals surface area contributed by atoms with Gasteiger partial charge in [-0.05, 0) is 23.8 Å². The fraction of sp³-hybridized carbons (Fsp3) is 0.312. The minimum Gasteiger partial charge on any atom is -0.379 e. The number of ether oxygens (including phenoxy) is 1. The number of nitrogens with one attached hydrogen (secondary N) is 2. The first kappa shape index (κ1) is 16.3. The summed E-state index contributed by atoms with van der Waals surface area (Å²) in [5, 5.41) is 3.44. The number of nitrogens with zero attached hydrogens (tertiary/aromatic N) is 1. The lowest BCUT2D eigenvalue weighted by atomic mass is 10.1. The van der Waals surface area contributed by atoms with Gasteiger partial charge in [0.05, 0.1) is 18.2 Å². The van der Waals surface area contributed by atoms with Gasteiger partial charge in [0.15, 0.2) is 0 Å². The monoisotopic (exact) mass is 353 g/mol. The SMILES string of the molecule is O=C(Nc1cccc(CN2CCOCC2)c1)c1cc(Cl)c(Cl)[nH]1. The number of carbonyl (C=O) groups is 1. The highest BCUT2D eigenvalue weighted by atomic mass is 35.5. The van der Waals surface area contributed by atoms with Gasteiger partial charge in [0.1, 0.15) is 10.8 Å². The summed E-state index contributed by atoms with van der Waals surface area (Å²) < 4.78 is 5.35. The van der Waals surface area contributed by atoms with Crippen molar-refractivity contribution in [3.63, 3.8) is 0 Å². The number of anilines is 1. The first-order valence-electron chi connectivity index (χ1n) is 7.36. The summed E-state index contributed by atoms with van der Waals surface area (Å²) in [6.07, 6.45) is 0. The largest absolute Gasteiger partial charge is 0.379 e. The Morgan fingerprint density at radius 2 is 2.04 bits per heavy atom. The fourth-order valence-electron chi connectivity index (χ4n) is 2.49. The molecule has 1 aromatic heterocycles. The van der Waals surface area contributed by atoms with E-state index in [1.165, 1.54) is 6.07 Å². The Morgan fingerprint density at radius 1 is 1.26 bits per heavy atom. The number of benzene rings is 1. The quantitative estimate of drug-likeness (QED) is 0.885. The summed E-state index contributed by atoms with van der Waals surface area (Å²) >= 11 is 11.7. The van der Waals surface area contributed by atoms with Crippen LogP contribution in [0.25, 0.3) is 0 Å². The number of aromatic nitrogens is 1. The second kappa shape index (κ2) is 7.36. The topological polar surface area (TPSA) is 57.4 Å². The van der Waals surface area contributed by atoms with Gasteiger partial charge in [0, 0.05) is 25.3 Å². The lowest BCUT2D eigenvalue weighted by Crippen LogP contribution is -2.35. The molecule has 7 heteroatoms. The van der Waals surface area contributed by atoms with Crippen molar-refractivity contribution in [1.82, 2.24) is 9.88 Å². The van der Waals surface area contributed by atoms with Gasteiger partial charge < -0.3 is 15.0 Å². The van der Waals surface area contributed by atoms with Crippen LogP contribution < -0.4 is 5.32 Å². The first-order chi connectivity index (χ1) is 11.1. The number of hydrogen-bond acceptors (Lipinski definition) is 3. The minimum atomic E-state index is -0.276. The van der Waals surface area contributed by atoms with E-state index in [9.17, 15) is 4.79 Å². The highest BCUT2D eigenvalue weighted by Crippen LogP contribution is 2.22. The number of carbonyl (C=O) groups excluding carboxylic acids is 1. The lowest BCUT2D eigenvalue weighted by molar-refractivity contribution is 0.0342. The van der Waals surface area contributed by atoms with Crippen molar-refractivity contribution in [2.75, 3.05) is 31.6 Å². The smallest absolute Gasteiger partial charge is 0.272 e. The first-order valence-corrected chi connectivity index (χ1v) is 8.12. The minimum absolute atomic E-state index is 0.262. The van der Waals surface area contributed by atoms with E-state index in [2.05, 4.69) is 15.2 Å². The van der Waals surface area contributed by atoms with Crippen LogP contribution >= 0.6 is 23.2 Å². The Hall–Kier alpha value is -1.53. The molecular formula is C16H17Cl2N3O2. The van der Waals surface area contributed by atoms with Crippen LogP contribution in [0.4, 0.5) is 5.69 Å². The number of aromatic amines is 1. The molecule has 1 fully saturated rings. The zero-order valence-corrected chi connectivity index (χ0v) is 14.0. The predicted molar refractivity (Wildman–Crippen MR) is 91.3 cm³/mol. The standard InChI is InChI=1S/C16H17Cl2N3O2/c17-13-9-14(20-15(13)18)16(22)19-12-3-1-2-11(8-12)10-21-4-6-23-7-5-21/h1-3,8-9,20H,4-7,10H2,(H,19,22). The van der Waals surface area contributed by atoms with Gasteiger partial charge in [-0.3, -0.25) is 9.69 Å². The second-order valence-corrected chi connectivity index (χ2v) is 6.17. The number of halogens is 2. The van der Waals surface area contributed by atoms with Gasteiger partial charge in [-0.15, -0.1) is 0 Å². The average Bonchev–Trinajstić information content (AvgIpc) is 2.88. The summed E-state index contributed by atoms with van der Waals surface area (Å²) in [7, 11) is 0. The van der Waals surface area contributed by atoms with Gasteiger partial charge >= 0.3 is 0 Å². The van der Waals surface area contributed by atoms with Crippen molar-refractivity contribution in [1.29, 1.82) is 0 Å². The third-order valence-electron chi connectivity index (χ3n) is 3.66. The molecule has 0 spiro atoms. The molecule has 0 atom stereocenters. The van der Waals surface area contributed by atoms with Crippen molar-refractivity contribution in [3.05, 3.63) is 51.8 Å². The number of amides is 1. The molecule has 0 aliphatic carbocycles. The van der Waals surface area contributed by atoms with E-state index in [1.807, 2.05) is 24.3 Å². The molecule has 0 saturated carbocycles. The second-order valence-electron chi connectivity index (χ2n) is 5.39. The third kappa shape index (κ3) is 4.26. The van der Waals surface area contributed by atoms with Gasteiger partial charge in [0.25, 0.3) is 5.91 Å². The maximum atomic E-state index is 12.2. The summed E-state index contributed by atoms with van der Waals surface area (Å²) in [5.74, 6) is -0.276. The number of H-pyrrole nitrogens is 1. The Labute approximate surface area is 144 Å². The molecule has 0 bridgehead atoms. The van der Waals surface area contributed by atoms with Gasteiger partial charge in [0.2, 0.25) is 0 Å². The molecule has 0 unspecified atom stereocenters. The van der Waals surface area contributed by atoms with E-state index in [-0.39, 0.29) is 11.1 Å².